The average Bonchev–Trinajstić information content (AvgIpc) is 2.50. The van der Waals surface area contributed by atoms with Crippen molar-refractivity contribution in [2.45, 2.75) is 58.3 Å². The van der Waals surface area contributed by atoms with Crippen molar-refractivity contribution in [1.29, 1.82) is 0 Å². The van der Waals surface area contributed by atoms with Crippen LogP contribution in [0.2, 0.25) is 0 Å². The Hall–Kier alpha value is -1.14. The molecule has 0 aromatic heterocycles. The lowest BCUT2D eigenvalue weighted by atomic mass is 10.1. The number of carboxylic acids is 1. The molecule has 0 fully saturated rings. The summed E-state index contributed by atoms with van der Waals surface area (Å²) in [6.45, 7) is 3.86. The Bertz CT molecular complexity index is 296. The molecule has 0 radical (unpaired) electrons. The van der Waals surface area contributed by atoms with E-state index < -0.39 is 5.97 Å². The van der Waals surface area contributed by atoms with Crippen LogP contribution < -0.4 is 0 Å². The number of rotatable bonds is 15. The van der Waals surface area contributed by atoms with E-state index in [9.17, 15) is 9.59 Å². The monoisotopic (exact) mass is 317 g/mol. The SMILES string of the molecule is CCCCCCCCN(CCOCCO)C(=O)CCC(=O)O. The molecular formula is C16H31NO5. The number of hydrogen-bond acceptors (Lipinski definition) is 4. The number of nitrogens with zero attached hydrogens (tertiary/aromatic N) is 1. The third-order valence-electron chi connectivity index (χ3n) is 3.43. The fourth-order valence-corrected chi connectivity index (χ4v) is 2.16. The van der Waals surface area contributed by atoms with Crippen LogP contribution in [-0.2, 0) is 14.3 Å². The van der Waals surface area contributed by atoms with Gasteiger partial charge < -0.3 is 19.8 Å². The van der Waals surface area contributed by atoms with Crippen molar-refractivity contribution in [3.05, 3.63) is 0 Å². The molecule has 0 aliphatic heterocycles. The molecule has 130 valence electrons. The Morgan fingerprint density at radius 2 is 1.64 bits per heavy atom. The first kappa shape index (κ1) is 20.9. The Labute approximate surface area is 133 Å². The van der Waals surface area contributed by atoms with Crippen LogP contribution in [0.4, 0.5) is 0 Å². The molecule has 0 bridgehead atoms. The van der Waals surface area contributed by atoms with Crippen molar-refractivity contribution in [3.63, 3.8) is 0 Å². The molecule has 0 heterocycles. The zero-order valence-electron chi connectivity index (χ0n) is 13.8. The van der Waals surface area contributed by atoms with Gasteiger partial charge in [0.05, 0.1) is 26.2 Å². The van der Waals surface area contributed by atoms with Crippen molar-refractivity contribution < 1.29 is 24.5 Å². The molecule has 1 amide bonds. The second-order valence-corrected chi connectivity index (χ2v) is 5.38. The van der Waals surface area contributed by atoms with Crippen LogP contribution in [0.25, 0.3) is 0 Å². The van der Waals surface area contributed by atoms with Crippen LogP contribution in [0.1, 0.15) is 58.3 Å². The van der Waals surface area contributed by atoms with Crippen LogP contribution in [0.3, 0.4) is 0 Å². The fourth-order valence-electron chi connectivity index (χ4n) is 2.16. The van der Waals surface area contributed by atoms with Gasteiger partial charge in [0.1, 0.15) is 0 Å². The normalized spacial score (nSPS) is 10.6. The van der Waals surface area contributed by atoms with Crippen LogP contribution in [0.15, 0.2) is 0 Å². The van der Waals surface area contributed by atoms with Gasteiger partial charge in [0.25, 0.3) is 0 Å². The van der Waals surface area contributed by atoms with Gasteiger partial charge in [-0.25, -0.2) is 0 Å². The van der Waals surface area contributed by atoms with Gasteiger partial charge in [-0.15, -0.1) is 0 Å². The minimum absolute atomic E-state index is 0.0329. The van der Waals surface area contributed by atoms with E-state index in [1.165, 1.54) is 25.7 Å². The summed E-state index contributed by atoms with van der Waals surface area (Å²) in [5.74, 6) is -1.09. The highest BCUT2D eigenvalue weighted by Crippen LogP contribution is 2.07. The third kappa shape index (κ3) is 12.6. The number of amides is 1. The first-order chi connectivity index (χ1) is 10.6. The van der Waals surface area contributed by atoms with Gasteiger partial charge in [-0.3, -0.25) is 9.59 Å². The molecule has 0 atom stereocenters. The summed E-state index contributed by atoms with van der Waals surface area (Å²) in [6.07, 6.45) is 6.77. The number of unbranched alkanes of at least 4 members (excludes halogenated alkanes) is 5. The summed E-state index contributed by atoms with van der Waals surface area (Å²) in [5.41, 5.74) is 0. The van der Waals surface area contributed by atoms with E-state index in [-0.39, 0.29) is 32.0 Å². The van der Waals surface area contributed by atoms with E-state index in [4.69, 9.17) is 14.9 Å². The van der Waals surface area contributed by atoms with Crippen LogP contribution in [-0.4, -0.2) is 59.9 Å². The van der Waals surface area contributed by atoms with Gasteiger partial charge in [-0.2, -0.15) is 0 Å². The Morgan fingerprint density at radius 3 is 2.27 bits per heavy atom. The molecule has 2 N–H and O–H groups in total. The van der Waals surface area contributed by atoms with Crippen molar-refractivity contribution in [2.24, 2.45) is 0 Å². The summed E-state index contributed by atoms with van der Waals surface area (Å²) in [4.78, 5) is 24.3. The van der Waals surface area contributed by atoms with Crippen molar-refractivity contribution >= 4 is 11.9 Å². The number of carboxylic acid groups (broad SMARTS) is 1. The van der Waals surface area contributed by atoms with Gasteiger partial charge >= 0.3 is 5.97 Å². The van der Waals surface area contributed by atoms with E-state index in [2.05, 4.69) is 6.92 Å². The molecule has 0 rings (SSSR count). The zero-order chi connectivity index (χ0) is 16.6. The predicted molar refractivity (Wildman–Crippen MR) is 84.7 cm³/mol. The second kappa shape index (κ2) is 14.8. The molecule has 0 aliphatic rings. The highest BCUT2D eigenvalue weighted by atomic mass is 16.5. The molecule has 0 aromatic carbocycles. The zero-order valence-corrected chi connectivity index (χ0v) is 13.8. The molecule has 0 aliphatic carbocycles. The lowest BCUT2D eigenvalue weighted by Crippen LogP contribution is -2.35. The molecular weight excluding hydrogens is 286 g/mol. The lowest BCUT2D eigenvalue weighted by Gasteiger charge is -2.22. The standard InChI is InChI=1S/C16H31NO5/c1-2-3-4-5-6-7-10-17(11-13-22-14-12-18)15(19)8-9-16(20)21/h18H,2-14H2,1H3,(H,20,21). The molecule has 22 heavy (non-hydrogen) atoms. The Morgan fingerprint density at radius 1 is 0.955 bits per heavy atom. The number of aliphatic carboxylic acids is 1. The number of hydrogen-bond donors (Lipinski definition) is 2. The first-order valence-electron chi connectivity index (χ1n) is 8.30. The minimum Gasteiger partial charge on any atom is -0.481 e. The summed E-state index contributed by atoms with van der Waals surface area (Å²) < 4.78 is 5.19. The van der Waals surface area contributed by atoms with Gasteiger partial charge in [0.2, 0.25) is 5.91 Å². The molecule has 0 aromatic rings. The molecule has 0 spiro atoms. The highest BCUT2D eigenvalue weighted by Gasteiger charge is 2.14. The number of aliphatic hydroxyl groups excluding tert-OH is 1. The molecule has 0 saturated heterocycles. The summed E-state index contributed by atoms with van der Waals surface area (Å²) in [5, 5.41) is 17.3. The van der Waals surface area contributed by atoms with Crippen molar-refractivity contribution in [3.8, 4) is 0 Å². The molecule has 6 nitrogen and oxygen atoms in total. The number of aliphatic hydroxyl groups is 1. The molecule has 0 unspecified atom stereocenters. The second-order valence-electron chi connectivity index (χ2n) is 5.38. The van der Waals surface area contributed by atoms with Gasteiger partial charge in [-0.05, 0) is 6.42 Å². The Kier molecular flexibility index (Phi) is 14.0. The van der Waals surface area contributed by atoms with Crippen molar-refractivity contribution in [1.82, 2.24) is 4.90 Å². The summed E-state index contributed by atoms with van der Waals surface area (Å²) in [7, 11) is 0. The van der Waals surface area contributed by atoms with E-state index in [1.54, 1.807) is 4.90 Å². The molecule has 0 saturated carbocycles. The van der Waals surface area contributed by atoms with Crippen molar-refractivity contribution in [2.75, 3.05) is 32.9 Å². The number of carbonyl (C=O) groups is 2. The fraction of sp³-hybridized carbons (Fsp3) is 0.875. The number of carbonyl (C=O) groups excluding carboxylic acids is 1. The predicted octanol–water partition coefficient (Wildman–Crippen LogP) is 2.05. The van der Waals surface area contributed by atoms with Crippen LogP contribution >= 0.6 is 0 Å². The smallest absolute Gasteiger partial charge is 0.303 e. The quantitative estimate of drug-likeness (QED) is 0.451. The van der Waals surface area contributed by atoms with Crippen LogP contribution in [0, 0.1) is 0 Å². The minimum atomic E-state index is -0.954. The highest BCUT2D eigenvalue weighted by molar-refractivity contribution is 5.80. The average molecular weight is 317 g/mol. The summed E-state index contributed by atoms with van der Waals surface area (Å²) in [6, 6.07) is 0. The van der Waals surface area contributed by atoms with Gasteiger partial charge in [-0.1, -0.05) is 39.0 Å². The maximum absolute atomic E-state index is 12.0. The number of ether oxygens (including phenoxy) is 1. The lowest BCUT2D eigenvalue weighted by molar-refractivity contribution is -0.141. The Balaban J connectivity index is 4.03. The van der Waals surface area contributed by atoms with Gasteiger partial charge in [0, 0.05) is 19.5 Å². The summed E-state index contributed by atoms with van der Waals surface area (Å²) >= 11 is 0. The maximum Gasteiger partial charge on any atom is 0.303 e. The van der Waals surface area contributed by atoms with E-state index >= 15 is 0 Å². The maximum atomic E-state index is 12.0. The van der Waals surface area contributed by atoms with E-state index in [1.807, 2.05) is 0 Å². The van der Waals surface area contributed by atoms with Gasteiger partial charge in [0.15, 0.2) is 0 Å². The topological polar surface area (TPSA) is 87.1 Å². The third-order valence-corrected chi connectivity index (χ3v) is 3.43. The van der Waals surface area contributed by atoms with Crippen LogP contribution in [0.5, 0.6) is 0 Å². The first-order valence-corrected chi connectivity index (χ1v) is 8.30. The van der Waals surface area contributed by atoms with E-state index in [0.29, 0.717) is 19.7 Å². The van der Waals surface area contributed by atoms with E-state index in [0.717, 1.165) is 12.8 Å². The largest absolute Gasteiger partial charge is 0.481 e. The molecule has 6 heteroatoms.